The molecule has 1 aromatic rings. The zero-order chi connectivity index (χ0) is 12.3. The van der Waals surface area contributed by atoms with Crippen LogP contribution in [0.5, 0.6) is 0 Å². The van der Waals surface area contributed by atoms with Gasteiger partial charge in [-0.15, -0.1) is 0 Å². The minimum atomic E-state index is -0.617. The van der Waals surface area contributed by atoms with E-state index < -0.39 is 10.9 Å². The van der Waals surface area contributed by atoms with Crippen molar-refractivity contribution in [2.24, 2.45) is 0 Å². The molecule has 0 radical (unpaired) electrons. The van der Waals surface area contributed by atoms with Gasteiger partial charge in [0.1, 0.15) is 5.02 Å². The van der Waals surface area contributed by atoms with E-state index in [1.807, 2.05) is 0 Å². The van der Waals surface area contributed by atoms with E-state index in [0.29, 0.717) is 12.0 Å². The van der Waals surface area contributed by atoms with Gasteiger partial charge in [-0.3, -0.25) is 10.1 Å². The Labute approximate surface area is 97.1 Å². The predicted octanol–water partition coefficient (Wildman–Crippen LogP) is 2.60. The Balaban J connectivity index is 3.40. The van der Waals surface area contributed by atoms with Gasteiger partial charge in [-0.25, -0.2) is 4.79 Å². The van der Waals surface area contributed by atoms with E-state index in [4.69, 9.17) is 11.6 Å². The quantitative estimate of drug-likeness (QED) is 0.465. The lowest BCUT2D eigenvalue weighted by molar-refractivity contribution is -0.384. The molecule has 1 rings (SSSR count). The first-order valence-electron chi connectivity index (χ1n) is 4.56. The van der Waals surface area contributed by atoms with Crippen LogP contribution in [0.2, 0.25) is 5.02 Å². The van der Waals surface area contributed by atoms with Crippen molar-refractivity contribution in [2.45, 2.75) is 13.3 Å². The topological polar surface area (TPSA) is 69.4 Å². The number of nitrogens with zero attached hydrogens (tertiary/aromatic N) is 1. The van der Waals surface area contributed by atoms with E-state index in [0.717, 1.165) is 6.07 Å². The second kappa shape index (κ2) is 4.94. The third-order valence-electron chi connectivity index (χ3n) is 2.13. The van der Waals surface area contributed by atoms with Crippen molar-refractivity contribution in [1.82, 2.24) is 0 Å². The maximum Gasteiger partial charge on any atom is 0.338 e. The van der Waals surface area contributed by atoms with Crippen LogP contribution in [0.3, 0.4) is 0 Å². The van der Waals surface area contributed by atoms with Crippen LogP contribution in [0.25, 0.3) is 0 Å². The summed E-state index contributed by atoms with van der Waals surface area (Å²) in [6, 6.07) is 2.62. The number of benzene rings is 1. The maximum absolute atomic E-state index is 11.3. The van der Waals surface area contributed by atoms with Gasteiger partial charge >= 0.3 is 5.97 Å². The standard InChI is InChI=1S/C10H10ClNO4/c1-3-6-4-7(10(13)16-2)5-8(9(6)11)12(14)15/h4-5H,3H2,1-2H3. The van der Waals surface area contributed by atoms with Gasteiger partial charge in [-0.05, 0) is 18.1 Å². The molecule has 0 heterocycles. The molecule has 6 heteroatoms. The number of carbonyl (C=O) groups is 1. The van der Waals surface area contributed by atoms with Crippen molar-refractivity contribution >= 4 is 23.3 Å². The van der Waals surface area contributed by atoms with E-state index in [9.17, 15) is 14.9 Å². The summed E-state index contributed by atoms with van der Waals surface area (Å²) in [7, 11) is 1.22. The van der Waals surface area contributed by atoms with Gasteiger partial charge in [0.05, 0.1) is 17.6 Å². The van der Waals surface area contributed by atoms with Crippen LogP contribution in [0.1, 0.15) is 22.8 Å². The summed E-state index contributed by atoms with van der Waals surface area (Å²) in [6.07, 6.45) is 0.504. The van der Waals surface area contributed by atoms with Crippen LogP contribution in [0.15, 0.2) is 12.1 Å². The largest absolute Gasteiger partial charge is 0.465 e. The second-order valence-corrected chi connectivity index (χ2v) is 3.45. The SMILES string of the molecule is CCc1cc(C(=O)OC)cc([N+](=O)[O-])c1Cl. The Morgan fingerprint density at radius 3 is 2.62 bits per heavy atom. The molecule has 1 aromatic carbocycles. The lowest BCUT2D eigenvalue weighted by atomic mass is 10.1. The molecule has 0 amide bonds. The number of hydrogen-bond acceptors (Lipinski definition) is 4. The molecule has 0 atom stereocenters. The number of halogens is 1. The van der Waals surface area contributed by atoms with E-state index in [1.165, 1.54) is 13.2 Å². The Morgan fingerprint density at radius 1 is 1.56 bits per heavy atom. The molecule has 0 unspecified atom stereocenters. The number of esters is 1. The van der Waals surface area contributed by atoms with Gasteiger partial charge in [0.25, 0.3) is 5.69 Å². The number of nitro groups is 1. The van der Waals surface area contributed by atoms with Crippen LogP contribution in [0.4, 0.5) is 5.69 Å². The number of nitro benzene ring substituents is 1. The summed E-state index contributed by atoms with van der Waals surface area (Å²) in [5.41, 5.74) is 0.410. The van der Waals surface area contributed by atoms with Gasteiger partial charge in [-0.1, -0.05) is 18.5 Å². The third-order valence-corrected chi connectivity index (χ3v) is 2.56. The summed E-state index contributed by atoms with van der Waals surface area (Å²) in [4.78, 5) is 21.4. The minimum absolute atomic E-state index is 0.0696. The van der Waals surface area contributed by atoms with E-state index in [2.05, 4.69) is 4.74 Å². The first kappa shape index (κ1) is 12.4. The molecule has 0 bridgehead atoms. The molecular formula is C10H10ClNO4. The van der Waals surface area contributed by atoms with Crippen LogP contribution in [-0.2, 0) is 11.2 Å². The Hall–Kier alpha value is -1.62. The highest BCUT2D eigenvalue weighted by atomic mass is 35.5. The van der Waals surface area contributed by atoms with Crippen molar-refractivity contribution in [2.75, 3.05) is 7.11 Å². The number of aryl methyl sites for hydroxylation is 1. The molecule has 0 aliphatic carbocycles. The highest BCUT2D eigenvalue weighted by Gasteiger charge is 2.20. The number of carbonyl (C=O) groups excluding carboxylic acids is 1. The Kier molecular flexibility index (Phi) is 3.84. The minimum Gasteiger partial charge on any atom is -0.465 e. The summed E-state index contributed by atoms with van der Waals surface area (Å²) in [6.45, 7) is 1.80. The summed E-state index contributed by atoms with van der Waals surface area (Å²) in [5.74, 6) is -0.616. The van der Waals surface area contributed by atoms with Gasteiger partial charge in [0.15, 0.2) is 0 Å². The molecule has 0 spiro atoms. The van der Waals surface area contributed by atoms with Crippen molar-refractivity contribution in [3.05, 3.63) is 38.4 Å². The van der Waals surface area contributed by atoms with Crippen molar-refractivity contribution < 1.29 is 14.5 Å². The lowest BCUT2D eigenvalue weighted by Gasteiger charge is -2.05. The monoisotopic (exact) mass is 243 g/mol. The number of rotatable bonds is 3. The van der Waals surface area contributed by atoms with Gasteiger partial charge in [0.2, 0.25) is 0 Å². The van der Waals surface area contributed by atoms with E-state index >= 15 is 0 Å². The zero-order valence-corrected chi connectivity index (χ0v) is 9.58. The fourth-order valence-electron chi connectivity index (χ4n) is 1.29. The highest BCUT2D eigenvalue weighted by Crippen LogP contribution is 2.30. The molecule has 0 aliphatic heterocycles. The fraction of sp³-hybridized carbons (Fsp3) is 0.300. The van der Waals surface area contributed by atoms with E-state index in [-0.39, 0.29) is 16.3 Å². The van der Waals surface area contributed by atoms with E-state index in [1.54, 1.807) is 6.92 Å². The second-order valence-electron chi connectivity index (χ2n) is 3.07. The molecule has 0 aromatic heterocycles. The van der Waals surface area contributed by atoms with Crippen molar-refractivity contribution in [3.8, 4) is 0 Å². The third kappa shape index (κ3) is 2.30. The van der Waals surface area contributed by atoms with Gasteiger partial charge in [-0.2, -0.15) is 0 Å². The Morgan fingerprint density at radius 2 is 2.19 bits per heavy atom. The molecule has 0 aliphatic rings. The average Bonchev–Trinajstić information content (AvgIpc) is 2.27. The molecule has 0 fully saturated rings. The normalized spacial score (nSPS) is 9.94. The average molecular weight is 244 g/mol. The number of methoxy groups -OCH3 is 1. The molecule has 0 N–H and O–H groups in total. The molecule has 16 heavy (non-hydrogen) atoms. The number of ether oxygens (including phenoxy) is 1. The van der Waals surface area contributed by atoms with Crippen molar-refractivity contribution in [1.29, 1.82) is 0 Å². The Bertz CT molecular complexity index is 445. The summed E-state index contributed by atoms with van der Waals surface area (Å²) >= 11 is 5.83. The van der Waals surface area contributed by atoms with Crippen molar-refractivity contribution in [3.63, 3.8) is 0 Å². The molecule has 0 saturated carbocycles. The zero-order valence-electron chi connectivity index (χ0n) is 8.82. The lowest BCUT2D eigenvalue weighted by Crippen LogP contribution is -2.04. The summed E-state index contributed by atoms with van der Waals surface area (Å²) < 4.78 is 4.51. The highest BCUT2D eigenvalue weighted by molar-refractivity contribution is 6.33. The summed E-state index contributed by atoms with van der Waals surface area (Å²) in [5, 5.41) is 10.8. The fourth-order valence-corrected chi connectivity index (χ4v) is 1.61. The molecule has 5 nitrogen and oxygen atoms in total. The smallest absolute Gasteiger partial charge is 0.338 e. The first-order chi connectivity index (χ1) is 7.51. The molecule has 0 saturated heterocycles. The van der Waals surface area contributed by atoms with Gasteiger partial charge < -0.3 is 4.74 Å². The van der Waals surface area contributed by atoms with Crippen LogP contribution in [-0.4, -0.2) is 18.0 Å². The number of hydrogen-bond donors (Lipinski definition) is 0. The maximum atomic E-state index is 11.3. The van der Waals surface area contributed by atoms with Crippen LogP contribution < -0.4 is 0 Å². The predicted molar refractivity (Wildman–Crippen MR) is 58.8 cm³/mol. The first-order valence-corrected chi connectivity index (χ1v) is 4.94. The van der Waals surface area contributed by atoms with Crippen LogP contribution >= 0.6 is 11.6 Å². The molecular weight excluding hydrogens is 234 g/mol. The molecule has 86 valence electrons. The van der Waals surface area contributed by atoms with Gasteiger partial charge in [0, 0.05) is 6.07 Å². The van der Waals surface area contributed by atoms with Crippen LogP contribution in [0, 0.1) is 10.1 Å².